The Hall–Kier alpha value is -2.32. The number of sulfone groups is 1. The van der Waals surface area contributed by atoms with Crippen LogP contribution in [0.5, 0.6) is 0 Å². The van der Waals surface area contributed by atoms with Gasteiger partial charge in [-0.2, -0.15) is 0 Å². The number of carbonyl (C=O) groups is 1. The van der Waals surface area contributed by atoms with Gasteiger partial charge < -0.3 is 5.32 Å². The monoisotopic (exact) mass is 364 g/mol. The third-order valence-corrected chi connectivity index (χ3v) is 5.86. The molecular weight excluding hydrogens is 351 g/mol. The number of anilines is 1. The number of fused-ring (bicyclic) bond motifs is 1. The van der Waals surface area contributed by atoms with E-state index in [0.717, 1.165) is 16.9 Å². The molecule has 0 fully saturated rings. The number of halogens is 1. The molecular formula is C16H13FN2O3S2. The summed E-state index contributed by atoms with van der Waals surface area (Å²) < 4.78 is 38.2. The van der Waals surface area contributed by atoms with Crippen LogP contribution in [0.1, 0.15) is 5.56 Å². The number of nitrogens with zero attached hydrogens (tertiary/aromatic N) is 1. The van der Waals surface area contributed by atoms with E-state index in [1.165, 1.54) is 30.3 Å². The van der Waals surface area contributed by atoms with Crippen molar-refractivity contribution in [1.82, 2.24) is 4.98 Å². The summed E-state index contributed by atoms with van der Waals surface area (Å²) in [5, 5.41) is 2.69. The molecule has 3 aromatic rings. The predicted molar refractivity (Wildman–Crippen MR) is 91.4 cm³/mol. The maximum absolute atomic E-state index is 13.2. The van der Waals surface area contributed by atoms with E-state index < -0.39 is 27.3 Å². The molecule has 0 aliphatic rings. The third kappa shape index (κ3) is 3.60. The van der Waals surface area contributed by atoms with Crippen LogP contribution >= 0.6 is 11.3 Å². The van der Waals surface area contributed by atoms with E-state index in [0.29, 0.717) is 10.2 Å². The van der Waals surface area contributed by atoms with Gasteiger partial charge in [-0.1, -0.05) is 29.0 Å². The number of amides is 1. The number of rotatable bonds is 4. The first-order chi connectivity index (χ1) is 11.3. The van der Waals surface area contributed by atoms with Crippen LogP contribution in [0, 0.1) is 12.7 Å². The van der Waals surface area contributed by atoms with Gasteiger partial charge in [-0.15, -0.1) is 0 Å². The molecule has 0 atom stereocenters. The van der Waals surface area contributed by atoms with Gasteiger partial charge in [0.2, 0.25) is 5.91 Å². The lowest BCUT2D eigenvalue weighted by atomic mass is 10.2. The van der Waals surface area contributed by atoms with Crippen LogP contribution in [0.25, 0.3) is 10.2 Å². The number of hydrogen-bond donors (Lipinski definition) is 1. The minimum atomic E-state index is -3.73. The smallest absolute Gasteiger partial charge is 0.241 e. The van der Waals surface area contributed by atoms with Crippen LogP contribution in [0.15, 0.2) is 47.4 Å². The molecule has 2 aromatic carbocycles. The van der Waals surface area contributed by atoms with Crippen LogP contribution in [0.3, 0.4) is 0 Å². The molecule has 1 heterocycles. The third-order valence-electron chi connectivity index (χ3n) is 3.30. The predicted octanol–water partition coefficient (Wildman–Crippen LogP) is 3.16. The highest BCUT2D eigenvalue weighted by Gasteiger charge is 2.20. The molecule has 0 saturated carbocycles. The highest BCUT2D eigenvalue weighted by Crippen LogP contribution is 2.26. The van der Waals surface area contributed by atoms with Gasteiger partial charge in [-0.05, 0) is 37.3 Å². The molecule has 0 aliphatic heterocycles. The zero-order valence-corrected chi connectivity index (χ0v) is 14.2. The summed E-state index contributed by atoms with van der Waals surface area (Å²) in [4.78, 5) is 16.2. The minimum absolute atomic E-state index is 0.0922. The Morgan fingerprint density at radius 2 is 1.92 bits per heavy atom. The number of aryl methyl sites for hydroxylation is 1. The van der Waals surface area contributed by atoms with E-state index in [9.17, 15) is 17.6 Å². The highest BCUT2D eigenvalue weighted by molar-refractivity contribution is 7.92. The first-order valence-corrected chi connectivity index (χ1v) is 9.46. The Kier molecular flexibility index (Phi) is 4.33. The normalized spacial score (nSPS) is 11.6. The molecule has 0 radical (unpaired) electrons. The van der Waals surface area contributed by atoms with E-state index in [1.807, 2.05) is 6.92 Å². The molecule has 1 N–H and O–H groups in total. The molecule has 0 spiro atoms. The van der Waals surface area contributed by atoms with Crippen LogP contribution in [0.4, 0.5) is 9.52 Å². The number of thiazole rings is 1. The van der Waals surface area contributed by atoms with Gasteiger partial charge in [0, 0.05) is 0 Å². The topological polar surface area (TPSA) is 76.1 Å². The maximum atomic E-state index is 13.2. The van der Waals surface area contributed by atoms with E-state index in [2.05, 4.69) is 10.3 Å². The molecule has 8 heteroatoms. The van der Waals surface area contributed by atoms with Crippen molar-refractivity contribution in [3.8, 4) is 0 Å². The Labute approximate surface area is 142 Å². The summed E-state index contributed by atoms with van der Waals surface area (Å²) >= 11 is 1.09. The fourth-order valence-electron chi connectivity index (χ4n) is 2.11. The van der Waals surface area contributed by atoms with Gasteiger partial charge >= 0.3 is 0 Å². The quantitative estimate of drug-likeness (QED) is 0.771. The maximum Gasteiger partial charge on any atom is 0.241 e. The molecule has 0 saturated heterocycles. The second-order valence-electron chi connectivity index (χ2n) is 5.25. The summed E-state index contributed by atoms with van der Waals surface area (Å²) in [5.41, 5.74) is 1.47. The molecule has 1 amide bonds. The van der Waals surface area contributed by atoms with Crippen molar-refractivity contribution in [2.24, 2.45) is 0 Å². The zero-order valence-electron chi connectivity index (χ0n) is 12.6. The Morgan fingerprint density at radius 1 is 1.21 bits per heavy atom. The second-order valence-corrected chi connectivity index (χ2v) is 8.27. The molecule has 1 aromatic heterocycles. The second kappa shape index (κ2) is 6.29. The van der Waals surface area contributed by atoms with Gasteiger partial charge in [-0.3, -0.25) is 4.79 Å². The van der Waals surface area contributed by atoms with Crippen LogP contribution in [0.2, 0.25) is 0 Å². The fraction of sp³-hybridized carbons (Fsp3) is 0.125. The standard InChI is InChI=1S/C16H13FN2O3S2/c1-10-2-5-12(6-3-10)24(21,22)9-15(20)19-16-18-13-7-4-11(17)8-14(13)23-16/h2-8H,9H2,1H3,(H,18,19,20). The van der Waals surface area contributed by atoms with Gasteiger partial charge in [0.1, 0.15) is 11.6 Å². The van der Waals surface area contributed by atoms with E-state index in [4.69, 9.17) is 0 Å². The summed E-state index contributed by atoms with van der Waals surface area (Å²) in [6.45, 7) is 1.85. The Morgan fingerprint density at radius 3 is 2.62 bits per heavy atom. The average molecular weight is 364 g/mol. The molecule has 124 valence electrons. The fourth-order valence-corrected chi connectivity index (χ4v) is 4.15. The summed E-state index contributed by atoms with van der Waals surface area (Å²) in [5.74, 6) is -1.76. The molecule has 0 bridgehead atoms. The average Bonchev–Trinajstić information content (AvgIpc) is 2.88. The van der Waals surface area contributed by atoms with Gasteiger partial charge in [0.05, 0.1) is 15.1 Å². The number of benzene rings is 2. The van der Waals surface area contributed by atoms with Crippen molar-refractivity contribution < 1.29 is 17.6 Å². The van der Waals surface area contributed by atoms with E-state index in [1.54, 1.807) is 12.1 Å². The summed E-state index contributed by atoms with van der Waals surface area (Å²) in [7, 11) is -3.73. The molecule has 5 nitrogen and oxygen atoms in total. The lowest BCUT2D eigenvalue weighted by molar-refractivity contribution is -0.113. The Balaban J connectivity index is 1.75. The van der Waals surface area contributed by atoms with E-state index in [-0.39, 0.29) is 10.0 Å². The number of aromatic nitrogens is 1. The number of hydrogen-bond acceptors (Lipinski definition) is 5. The summed E-state index contributed by atoms with van der Waals surface area (Å²) in [6, 6.07) is 10.4. The van der Waals surface area contributed by atoms with Crippen molar-refractivity contribution in [3.63, 3.8) is 0 Å². The minimum Gasteiger partial charge on any atom is -0.301 e. The van der Waals surface area contributed by atoms with Crippen LogP contribution in [-0.4, -0.2) is 25.1 Å². The molecule has 24 heavy (non-hydrogen) atoms. The highest BCUT2D eigenvalue weighted by atomic mass is 32.2. The van der Waals surface area contributed by atoms with Crippen molar-refractivity contribution in [1.29, 1.82) is 0 Å². The molecule has 3 rings (SSSR count). The zero-order chi connectivity index (χ0) is 17.3. The van der Waals surface area contributed by atoms with Crippen molar-refractivity contribution in [3.05, 3.63) is 53.8 Å². The first kappa shape index (κ1) is 16.5. The van der Waals surface area contributed by atoms with Gasteiger partial charge in [0.15, 0.2) is 15.0 Å². The SMILES string of the molecule is Cc1ccc(S(=O)(=O)CC(=O)Nc2nc3ccc(F)cc3s2)cc1. The lowest BCUT2D eigenvalue weighted by Gasteiger charge is -2.04. The Bertz CT molecular complexity index is 1010. The first-order valence-electron chi connectivity index (χ1n) is 6.99. The lowest BCUT2D eigenvalue weighted by Crippen LogP contribution is -2.22. The molecule has 0 aliphatic carbocycles. The van der Waals surface area contributed by atoms with Crippen molar-refractivity contribution in [2.45, 2.75) is 11.8 Å². The van der Waals surface area contributed by atoms with Crippen molar-refractivity contribution >= 4 is 42.4 Å². The number of carbonyl (C=O) groups excluding carboxylic acids is 1. The van der Waals surface area contributed by atoms with Gasteiger partial charge in [0.25, 0.3) is 0 Å². The van der Waals surface area contributed by atoms with Crippen LogP contribution in [-0.2, 0) is 14.6 Å². The largest absolute Gasteiger partial charge is 0.301 e. The summed E-state index contributed by atoms with van der Waals surface area (Å²) in [6.07, 6.45) is 0. The molecule has 0 unspecified atom stereocenters. The van der Waals surface area contributed by atoms with Gasteiger partial charge in [-0.25, -0.2) is 17.8 Å². The van der Waals surface area contributed by atoms with Crippen molar-refractivity contribution in [2.75, 3.05) is 11.1 Å². The number of nitrogens with one attached hydrogen (secondary N) is 1. The van der Waals surface area contributed by atoms with E-state index >= 15 is 0 Å². The van der Waals surface area contributed by atoms with Crippen LogP contribution < -0.4 is 5.32 Å².